The van der Waals surface area contributed by atoms with Gasteiger partial charge >= 0.3 is 0 Å². The number of fused-ring (bicyclic) bond motifs is 1. The Hall–Kier alpha value is -1.85. The molecule has 2 heterocycles. The zero-order valence-corrected chi connectivity index (χ0v) is 13.8. The summed E-state index contributed by atoms with van der Waals surface area (Å²) in [5.41, 5.74) is 4.16. The van der Waals surface area contributed by atoms with Crippen molar-refractivity contribution in [3.63, 3.8) is 0 Å². The van der Waals surface area contributed by atoms with Gasteiger partial charge in [0.25, 0.3) is 0 Å². The van der Waals surface area contributed by atoms with Crippen LogP contribution in [0, 0.1) is 13.8 Å². The molecule has 5 nitrogen and oxygen atoms in total. The summed E-state index contributed by atoms with van der Waals surface area (Å²) < 4.78 is 5.64. The summed E-state index contributed by atoms with van der Waals surface area (Å²) in [6.45, 7) is 8.09. The number of aryl methyl sites for hydroxylation is 2. The summed E-state index contributed by atoms with van der Waals surface area (Å²) in [7, 11) is 0. The van der Waals surface area contributed by atoms with E-state index in [1.165, 1.54) is 5.56 Å². The van der Waals surface area contributed by atoms with E-state index >= 15 is 0 Å². The third-order valence-corrected chi connectivity index (χ3v) is 4.58. The number of furan rings is 1. The number of β-amino-alcohol motifs (C(OH)–C–C–N with tert-alkyl or cyclic N) is 1. The molecule has 0 radical (unpaired) electrons. The van der Waals surface area contributed by atoms with Gasteiger partial charge in [0.15, 0.2) is 0 Å². The molecule has 0 bridgehead atoms. The van der Waals surface area contributed by atoms with Gasteiger partial charge in [0, 0.05) is 43.7 Å². The van der Waals surface area contributed by atoms with E-state index in [0.29, 0.717) is 13.0 Å². The highest BCUT2D eigenvalue weighted by molar-refractivity contribution is 5.90. The first kappa shape index (κ1) is 16.0. The third kappa shape index (κ3) is 3.41. The van der Waals surface area contributed by atoms with Crippen LogP contribution in [0.4, 0.5) is 0 Å². The molecule has 0 spiro atoms. The second-order valence-electron chi connectivity index (χ2n) is 6.34. The molecular weight excluding hydrogens is 292 g/mol. The predicted molar refractivity (Wildman–Crippen MR) is 89.5 cm³/mol. The monoisotopic (exact) mass is 316 g/mol. The number of hydrogen-bond donors (Lipinski definition) is 1. The Morgan fingerprint density at radius 1 is 1.22 bits per heavy atom. The van der Waals surface area contributed by atoms with E-state index in [2.05, 4.69) is 17.9 Å². The Balaban J connectivity index is 1.69. The van der Waals surface area contributed by atoms with Crippen LogP contribution in [0.2, 0.25) is 0 Å². The molecule has 1 aliphatic rings. The van der Waals surface area contributed by atoms with Gasteiger partial charge in [-0.2, -0.15) is 0 Å². The lowest BCUT2D eigenvalue weighted by molar-refractivity contribution is -0.132. The molecule has 5 heteroatoms. The molecule has 0 atom stereocenters. The van der Waals surface area contributed by atoms with Crippen molar-refractivity contribution in [3.8, 4) is 0 Å². The lowest BCUT2D eigenvalue weighted by atomic mass is 10.0. The lowest BCUT2D eigenvalue weighted by Gasteiger charge is -2.34. The van der Waals surface area contributed by atoms with Crippen LogP contribution in [0.15, 0.2) is 22.8 Å². The SMILES string of the molecule is Cc1cc(C)c2c(CC(=O)N3CCN(CCO)CC3)coc2c1. The largest absolute Gasteiger partial charge is 0.464 e. The molecule has 1 amide bonds. The highest BCUT2D eigenvalue weighted by atomic mass is 16.3. The van der Waals surface area contributed by atoms with Gasteiger partial charge in [-0.15, -0.1) is 0 Å². The molecular formula is C18H24N2O3. The highest BCUT2D eigenvalue weighted by Crippen LogP contribution is 2.27. The number of rotatable bonds is 4. The Morgan fingerprint density at radius 3 is 2.65 bits per heavy atom. The topological polar surface area (TPSA) is 56.9 Å². The van der Waals surface area contributed by atoms with Gasteiger partial charge in [0.1, 0.15) is 5.58 Å². The second kappa shape index (κ2) is 6.72. The van der Waals surface area contributed by atoms with Crippen molar-refractivity contribution in [3.05, 3.63) is 35.1 Å². The number of aliphatic hydroxyl groups excluding tert-OH is 1. The Morgan fingerprint density at radius 2 is 1.96 bits per heavy atom. The molecule has 0 saturated carbocycles. The van der Waals surface area contributed by atoms with Crippen molar-refractivity contribution in [1.29, 1.82) is 0 Å². The maximum atomic E-state index is 12.6. The third-order valence-electron chi connectivity index (χ3n) is 4.58. The van der Waals surface area contributed by atoms with Gasteiger partial charge in [-0.25, -0.2) is 0 Å². The van der Waals surface area contributed by atoms with Crippen LogP contribution in [0.1, 0.15) is 16.7 Å². The molecule has 124 valence electrons. The number of hydrogen-bond acceptors (Lipinski definition) is 4. The fraction of sp³-hybridized carbons (Fsp3) is 0.500. The number of carbonyl (C=O) groups excluding carboxylic acids is 1. The summed E-state index contributed by atoms with van der Waals surface area (Å²) in [5, 5.41) is 10.1. The Bertz CT molecular complexity index is 700. The summed E-state index contributed by atoms with van der Waals surface area (Å²) in [6.07, 6.45) is 2.11. The average molecular weight is 316 g/mol. The van der Waals surface area contributed by atoms with E-state index in [-0.39, 0.29) is 12.5 Å². The van der Waals surface area contributed by atoms with Gasteiger partial charge in [-0.05, 0) is 31.0 Å². The Kier molecular flexibility index (Phi) is 4.68. The fourth-order valence-electron chi connectivity index (χ4n) is 3.39. The first-order chi connectivity index (χ1) is 11.1. The van der Waals surface area contributed by atoms with Crippen LogP contribution >= 0.6 is 0 Å². The lowest BCUT2D eigenvalue weighted by Crippen LogP contribution is -2.49. The van der Waals surface area contributed by atoms with Gasteiger partial charge in [0.2, 0.25) is 5.91 Å². The molecule has 2 aromatic rings. The van der Waals surface area contributed by atoms with Crippen molar-refractivity contribution >= 4 is 16.9 Å². The molecule has 0 unspecified atom stereocenters. The number of nitrogens with zero attached hydrogens (tertiary/aromatic N) is 2. The van der Waals surface area contributed by atoms with Crippen LogP contribution < -0.4 is 0 Å². The Labute approximate surface area is 136 Å². The summed E-state index contributed by atoms with van der Waals surface area (Å²) in [6, 6.07) is 4.14. The minimum atomic E-state index is 0.149. The van der Waals surface area contributed by atoms with Gasteiger partial charge in [0.05, 0.1) is 19.3 Å². The van der Waals surface area contributed by atoms with Gasteiger partial charge in [-0.1, -0.05) is 6.07 Å². The number of carbonyl (C=O) groups is 1. The van der Waals surface area contributed by atoms with E-state index in [1.54, 1.807) is 6.26 Å². The molecule has 1 aromatic heterocycles. The smallest absolute Gasteiger partial charge is 0.227 e. The average Bonchev–Trinajstić information content (AvgIpc) is 2.91. The first-order valence-electron chi connectivity index (χ1n) is 8.17. The second-order valence-corrected chi connectivity index (χ2v) is 6.34. The fourth-order valence-corrected chi connectivity index (χ4v) is 3.39. The standard InChI is InChI=1S/C18H24N2O3/c1-13-9-14(2)18-15(12-23-16(18)10-13)11-17(22)20-5-3-19(4-6-20)7-8-21/h9-10,12,21H,3-8,11H2,1-2H3. The van der Waals surface area contributed by atoms with Crippen LogP contribution in [0.5, 0.6) is 0 Å². The van der Waals surface area contributed by atoms with E-state index < -0.39 is 0 Å². The van der Waals surface area contributed by atoms with E-state index in [9.17, 15) is 4.79 Å². The molecule has 3 rings (SSSR count). The zero-order chi connectivity index (χ0) is 16.4. The van der Waals surface area contributed by atoms with Crippen molar-refractivity contribution in [2.45, 2.75) is 20.3 Å². The zero-order valence-electron chi connectivity index (χ0n) is 13.8. The normalized spacial score (nSPS) is 16.2. The van der Waals surface area contributed by atoms with E-state index in [4.69, 9.17) is 9.52 Å². The predicted octanol–water partition coefficient (Wildman–Crippen LogP) is 1.73. The minimum absolute atomic E-state index is 0.149. The van der Waals surface area contributed by atoms with Crippen molar-refractivity contribution < 1.29 is 14.3 Å². The van der Waals surface area contributed by atoms with Crippen LogP contribution in [0.25, 0.3) is 11.0 Å². The molecule has 1 saturated heterocycles. The summed E-state index contributed by atoms with van der Waals surface area (Å²) in [5.74, 6) is 0.149. The summed E-state index contributed by atoms with van der Waals surface area (Å²) in [4.78, 5) is 16.7. The first-order valence-corrected chi connectivity index (χ1v) is 8.17. The van der Waals surface area contributed by atoms with E-state index in [0.717, 1.165) is 48.3 Å². The summed E-state index contributed by atoms with van der Waals surface area (Å²) >= 11 is 0. The number of aliphatic hydroxyl groups is 1. The van der Waals surface area contributed by atoms with Crippen molar-refractivity contribution in [1.82, 2.24) is 9.80 Å². The molecule has 1 fully saturated rings. The van der Waals surface area contributed by atoms with E-state index in [1.807, 2.05) is 17.9 Å². The van der Waals surface area contributed by atoms with Crippen LogP contribution in [-0.2, 0) is 11.2 Å². The highest BCUT2D eigenvalue weighted by Gasteiger charge is 2.22. The van der Waals surface area contributed by atoms with Crippen LogP contribution in [0.3, 0.4) is 0 Å². The molecule has 1 aliphatic heterocycles. The minimum Gasteiger partial charge on any atom is -0.464 e. The van der Waals surface area contributed by atoms with Gasteiger partial charge in [-0.3, -0.25) is 9.69 Å². The molecule has 0 aliphatic carbocycles. The number of amides is 1. The van der Waals surface area contributed by atoms with Crippen molar-refractivity contribution in [2.75, 3.05) is 39.3 Å². The molecule has 23 heavy (non-hydrogen) atoms. The quantitative estimate of drug-likeness (QED) is 0.933. The van der Waals surface area contributed by atoms with Gasteiger partial charge < -0.3 is 14.4 Å². The maximum Gasteiger partial charge on any atom is 0.227 e. The maximum absolute atomic E-state index is 12.6. The van der Waals surface area contributed by atoms with Crippen molar-refractivity contribution in [2.24, 2.45) is 0 Å². The molecule has 1 N–H and O–H groups in total. The number of piperazine rings is 1. The van der Waals surface area contributed by atoms with Crippen LogP contribution in [-0.4, -0.2) is 60.1 Å². The number of benzene rings is 1. The molecule has 1 aromatic carbocycles.